The van der Waals surface area contributed by atoms with Crippen LogP contribution >= 0.6 is 46.4 Å². The second-order valence-electron chi connectivity index (χ2n) is 5.17. The first-order valence-corrected chi connectivity index (χ1v) is 9.00. The first-order valence-electron chi connectivity index (χ1n) is 7.49. The standard InChI is InChI=1S/C13H13Cl4N7O4/c1-7-19-6-9(24(26)27)23(7)4-5-28-12(25)22-10(13(15,16)17)21-11-18-3-2-8(14)20-11/h2-3,6,10H,4-5H2,1H3,(H,22,25)(H,18,20,21). The molecule has 0 aliphatic heterocycles. The zero-order chi connectivity index (χ0) is 20.9. The van der Waals surface area contributed by atoms with Gasteiger partial charge in [-0.25, -0.2) is 24.3 Å². The lowest BCUT2D eigenvalue weighted by Gasteiger charge is -2.25. The van der Waals surface area contributed by atoms with Crippen LogP contribution in [0, 0.1) is 17.0 Å². The Labute approximate surface area is 178 Å². The second kappa shape index (κ2) is 9.41. The summed E-state index contributed by atoms with van der Waals surface area (Å²) in [6, 6.07) is 1.44. The molecule has 0 spiro atoms. The lowest BCUT2D eigenvalue weighted by atomic mass is 10.5. The minimum Gasteiger partial charge on any atom is -0.445 e. The highest BCUT2D eigenvalue weighted by Gasteiger charge is 2.35. The number of nitrogens with one attached hydrogen (secondary N) is 2. The molecule has 2 aromatic heterocycles. The van der Waals surface area contributed by atoms with Crippen LogP contribution in [0.3, 0.4) is 0 Å². The fraction of sp³-hybridized carbons (Fsp3) is 0.385. The predicted octanol–water partition coefficient (Wildman–Crippen LogP) is 3.08. The summed E-state index contributed by atoms with van der Waals surface area (Å²) in [4.78, 5) is 34.0. The Kier molecular flexibility index (Phi) is 7.47. The molecule has 0 fully saturated rings. The van der Waals surface area contributed by atoms with Crippen LogP contribution in [0.15, 0.2) is 18.5 Å². The van der Waals surface area contributed by atoms with Crippen molar-refractivity contribution in [3.63, 3.8) is 0 Å². The summed E-state index contributed by atoms with van der Waals surface area (Å²) in [6.07, 6.45) is 0.286. The Hall–Kier alpha value is -2.08. The summed E-state index contributed by atoms with van der Waals surface area (Å²) < 4.78 is 4.30. The molecular weight excluding hydrogens is 460 g/mol. The van der Waals surface area contributed by atoms with Gasteiger partial charge in [0.2, 0.25) is 9.74 Å². The molecule has 15 heteroatoms. The molecule has 152 valence electrons. The zero-order valence-corrected chi connectivity index (χ0v) is 17.1. The highest BCUT2D eigenvalue weighted by atomic mass is 35.6. The minimum absolute atomic E-state index is 0.00814. The molecule has 2 aromatic rings. The summed E-state index contributed by atoms with van der Waals surface area (Å²) >= 11 is 23.3. The summed E-state index contributed by atoms with van der Waals surface area (Å²) in [5.74, 6) is 0.184. The maximum Gasteiger partial charge on any atom is 0.409 e. The fourth-order valence-corrected chi connectivity index (χ4v) is 2.47. The lowest BCUT2D eigenvalue weighted by Crippen LogP contribution is -2.49. The van der Waals surface area contributed by atoms with Crippen LogP contribution in [-0.2, 0) is 11.3 Å². The number of hydrogen-bond acceptors (Lipinski definition) is 8. The molecule has 2 N–H and O–H groups in total. The van der Waals surface area contributed by atoms with Gasteiger partial charge in [0, 0.05) is 13.1 Å². The Morgan fingerprint density at radius 1 is 1.43 bits per heavy atom. The molecule has 0 aliphatic carbocycles. The number of aromatic nitrogens is 4. The van der Waals surface area contributed by atoms with Crippen LogP contribution in [0.5, 0.6) is 0 Å². The predicted molar refractivity (Wildman–Crippen MR) is 103 cm³/mol. The van der Waals surface area contributed by atoms with Crippen molar-refractivity contribution in [3.05, 3.63) is 39.6 Å². The molecule has 0 saturated carbocycles. The average molecular weight is 473 g/mol. The van der Waals surface area contributed by atoms with Gasteiger partial charge in [-0.1, -0.05) is 46.4 Å². The molecule has 0 aliphatic rings. The number of aryl methyl sites for hydroxylation is 1. The molecular formula is C13H13Cl4N7O4. The molecule has 0 bridgehead atoms. The molecule has 11 nitrogen and oxygen atoms in total. The Morgan fingerprint density at radius 3 is 2.75 bits per heavy atom. The van der Waals surface area contributed by atoms with E-state index in [2.05, 4.69) is 25.6 Å². The number of alkyl carbamates (subject to hydrolysis) is 1. The van der Waals surface area contributed by atoms with Gasteiger partial charge in [-0.2, -0.15) is 0 Å². The number of carbonyl (C=O) groups excluding carboxylic acids is 1. The van der Waals surface area contributed by atoms with E-state index in [1.54, 1.807) is 6.92 Å². The first-order chi connectivity index (χ1) is 13.1. The summed E-state index contributed by atoms with van der Waals surface area (Å²) in [7, 11) is 0. The zero-order valence-electron chi connectivity index (χ0n) is 14.1. The number of hydrogen-bond donors (Lipinski definition) is 2. The molecule has 28 heavy (non-hydrogen) atoms. The van der Waals surface area contributed by atoms with Gasteiger partial charge in [-0.05, 0) is 11.0 Å². The molecule has 1 unspecified atom stereocenters. The number of halogens is 4. The van der Waals surface area contributed by atoms with E-state index in [9.17, 15) is 14.9 Å². The SMILES string of the molecule is Cc1ncc([N+](=O)[O-])n1CCOC(=O)NC(Nc1nccc(Cl)n1)C(Cl)(Cl)Cl. The normalized spacial score (nSPS) is 12.3. The third-order valence-electron chi connectivity index (χ3n) is 3.25. The Bertz CT molecular complexity index is 858. The van der Waals surface area contributed by atoms with E-state index in [0.717, 1.165) is 6.20 Å². The molecule has 2 heterocycles. The van der Waals surface area contributed by atoms with Crippen LogP contribution in [0.1, 0.15) is 5.82 Å². The van der Waals surface area contributed by atoms with E-state index in [1.165, 1.54) is 16.8 Å². The van der Waals surface area contributed by atoms with Crippen molar-refractivity contribution in [2.24, 2.45) is 0 Å². The molecule has 2 rings (SSSR count). The van der Waals surface area contributed by atoms with Gasteiger partial charge < -0.3 is 20.2 Å². The van der Waals surface area contributed by atoms with Crippen molar-refractivity contribution >= 4 is 64.3 Å². The number of nitrogens with zero attached hydrogens (tertiary/aromatic N) is 5. The van der Waals surface area contributed by atoms with Crippen molar-refractivity contribution in [2.45, 2.75) is 23.4 Å². The quantitative estimate of drug-likeness (QED) is 0.206. The summed E-state index contributed by atoms with van der Waals surface area (Å²) in [5.41, 5.74) is 0. The number of ether oxygens (including phenoxy) is 1. The molecule has 0 saturated heterocycles. The van der Waals surface area contributed by atoms with E-state index < -0.39 is 21.0 Å². The van der Waals surface area contributed by atoms with Crippen molar-refractivity contribution in [1.82, 2.24) is 24.8 Å². The van der Waals surface area contributed by atoms with Gasteiger partial charge >= 0.3 is 11.9 Å². The molecule has 1 amide bonds. The van der Waals surface area contributed by atoms with Crippen molar-refractivity contribution < 1.29 is 14.5 Å². The Morgan fingerprint density at radius 2 is 2.14 bits per heavy atom. The van der Waals surface area contributed by atoms with Gasteiger partial charge in [0.05, 0.1) is 0 Å². The average Bonchev–Trinajstić information content (AvgIpc) is 2.95. The van der Waals surface area contributed by atoms with Crippen LogP contribution < -0.4 is 10.6 Å². The number of carbonyl (C=O) groups is 1. The third-order valence-corrected chi connectivity index (χ3v) is 4.12. The van der Waals surface area contributed by atoms with Crippen molar-refractivity contribution in [3.8, 4) is 0 Å². The maximum absolute atomic E-state index is 12.0. The molecule has 0 aromatic carbocycles. The lowest BCUT2D eigenvalue weighted by molar-refractivity contribution is -0.392. The van der Waals surface area contributed by atoms with Gasteiger partial charge in [-0.3, -0.25) is 5.32 Å². The van der Waals surface area contributed by atoms with E-state index in [0.29, 0.717) is 5.82 Å². The summed E-state index contributed by atoms with van der Waals surface area (Å²) in [5, 5.41) is 16.0. The van der Waals surface area contributed by atoms with Gasteiger partial charge in [-0.15, -0.1) is 0 Å². The van der Waals surface area contributed by atoms with Crippen LogP contribution in [0.25, 0.3) is 0 Å². The number of anilines is 1. The van der Waals surface area contributed by atoms with Gasteiger partial charge in [0.25, 0.3) is 0 Å². The van der Waals surface area contributed by atoms with Crippen LogP contribution in [0.4, 0.5) is 16.6 Å². The number of rotatable bonds is 7. The number of imidazole rings is 1. The van der Waals surface area contributed by atoms with Gasteiger partial charge in [0.1, 0.15) is 24.5 Å². The Balaban J connectivity index is 1.95. The highest BCUT2D eigenvalue weighted by Crippen LogP contribution is 2.30. The number of nitro groups is 1. The summed E-state index contributed by atoms with van der Waals surface area (Å²) in [6.45, 7) is 1.41. The topological polar surface area (TPSA) is 137 Å². The van der Waals surface area contributed by atoms with Crippen molar-refractivity contribution in [2.75, 3.05) is 11.9 Å². The maximum atomic E-state index is 12.0. The van der Waals surface area contributed by atoms with Crippen molar-refractivity contribution in [1.29, 1.82) is 0 Å². The van der Waals surface area contributed by atoms with E-state index in [-0.39, 0.29) is 30.1 Å². The van der Waals surface area contributed by atoms with Gasteiger partial charge in [0.15, 0.2) is 12.0 Å². The largest absolute Gasteiger partial charge is 0.445 e. The number of amides is 1. The smallest absolute Gasteiger partial charge is 0.409 e. The second-order valence-corrected chi connectivity index (χ2v) is 7.93. The highest BCUT2D eigenvalue weighted by molar-refractivity contribution is 6.68. The molecule has 0 radical (unpaired) electrons. The first kappa shape index (κ1) is 22.2. The third kappa shape index (κ3) is 6.23. The van der Waals surface area contributed by atoms with E-state index in [4.69, 9.17) is 51.1 Å². The molecule has 1 atom stereocenters. The number of alkyl halides is 3. The fourth-order valence-electron chi connectivity index (χ4n) is 2.00. The van der Waals surface area contributed by atoms with E-state index in [1.807, 2.05) is 0 Å². The monoisotopic (exact) mass is 471 g/mol. The van der Waals surface area contributed by atoms with Crippen LogP contribution in [-0.4, -0.2) is 47.1 Å². The van der Waals surface area contributed by atoms with Crippen LogP contribution in [0.2, 0.25) is 5.15 Å². The minimum atomic E-state index is -1.98. The van der Waals surface area contributed by atoms with E-state index >= 15 is 0 Å².